The molecule has 0 spiro atoms. The predicted octanol–water partition coefficient (Wildman–Crippen LogP) is 2.25. The van der Waals surface area contributed by atoms with Crippen LogP contribution >= 0.6 is 11.6 Å². The smallest absolute Gasteiger partial charge is 0.325 e. The van der Waals surface area contributed by atoms with Crippen molar-refractivity contribution >= 4 is 34.4 Å². The number of rotatable bonds is 6. The van der Waals surface area contributed by atoms with Crippen molar-refractivity contribution in [1.29, 1.82) is 0 Å². The van der Waals surface area contributed by atoms with Gasteiger partial charge in [-0.15, -0.1) is 0 Å². The summed E-state index contributed by atoms with van der Waals surface area (Å²) in [5, 5.41) is 5.13. The molecule has 0 saturated carbocycles. The van der Waals surface area contributed by atoms with Crippen molar-refractivity contribution in [2.75, 3.05) is 13.7 Å². The zero-order valence-corrected chi connectivity index (χ0v) is 15.9. The number of hydrogen-bond donors (Lipinski definition) is 0. The summed E-state index contributed by atoms with van der Waals surface area (Å²) < 4.78 is 6.16. The molecular weight excluding hydrogens is 382 g/mol. The molecule has 0 atom stereocenters. The van der Waals surface area contributed by atoms with Crippen LogP contribution in [0.25, 0.3) is 10.9 Å². The van der Waals surface area contributed by atoms with Crippen LogP contribution in [0.15, 0.2) is 59.5 Å². The average molecular weight is 400 g/mol. The van der Waals surface area contributed by atoms with E-state index in [1.54, 1.807) is 48.5 Å². The number of hydrogen-bond acceptors (Lipinski definition) is 5. The maximum Gasteiger partial charge on any atom is 0.325 e. The third-order valence-electron chi connectivity index (χ3n) is 4.23. The van der Waals surface area contributed by atoms with E-state index in [1.807, 2.05) is 0 Å². The van der Waals surface area contributed by atoms with E-state index in [4.69, 9.17) is 16.3 Å². The Morgan fingerprint density at radius 3 is 2.57 bits per heavy atom. The van der Waals surface area contributed by atoms with Crippen LogP contribution in [0, 0.1) is 0 Å². The third-order valence-corrected chi connectivity index (χ3v) is 4.49. The Kier molecular flexibility index (Phi) is 6.06. The van der Waals surface area contributed by atoms with Crippen molar-refractivity contribution in [3.63, 3.8) is 0 Å². The molecule has 1 aromatic heterocycles. The Bertz CT molecular complexity index is 1060. The van der Waals surface area contributed by atoms with E-state index in [1.165, 1.54) is 22.9 Å². The SMILES string of the molecule is COC(=O)CN(Cc1ccc(Cl)cc1)C(=O)Cn1ncc(=O)c2ccccc21. The summed E-state index contributed by atoms with van der Waals surface area (Å²) in [5.41, 5.74) is 1.15. The fourth-order valence-corrected chi connectivity index (χ4v) is 2.90. The molecule has 0 radical (unpaired) electrons. The largest absolute Gasteiger partial charge is 0.468 e. The number of ether oxygens (including phenoxy) is 1. The van der Waals surface area contributed by atoms with Crippen molar-refractivity contribution < 1.29 is 14.3 Å². The Morgan fingerprint density at radius 1 is 1.14 bits per heavy atom. The predicted molar refractivity (Wildman–Crippen MR) is 105 cm³/mol. The van der Waals surface area contributed by atoms with Gasteiger partial charge in [0.15, 0.2) is 0 Å². The van der Waals surface area contributed by atoms with E-state index in [9.17, 15) is 14.4 Å². The molecule has 0 aliphatic carbocycles. The van der Waals surface area contributed by atoms with Crippen molar-refractivity contribution in [1.82, 2.24) is 14.7 Å². The van der Waals surface area contributed by atoms with Gasteiger partial charge in [0.1, 0.15) is 13.1 Å². The zero-order valence-electron chi connectivity index (χ0n) is 15.2. The first-order valence-corrected chi connectivity index (χ1v) is 8.89. The van der Waals surface area contributed by atoms with Crippen LogP contribution in [0.5, 0.6) is 0 Å². The van der Waals surface area contributed by atoms with E-state index >= 15 is 0 Å². The summed E-state index contributed by atoms with van der Waals surface area (Å²) in [4.78, 5) is 38.0. The maximum atomic E-state index is 12.9. The molecule has 0 bridgehead atoms. The lowest BCUT2D eigenvalue weighted by Crippen LogP contribution is -2.38. The third kappa shape index (κ3) is 4.55. The van der Waals surface area contributed by atoms with Crippen molar-refractivity contribution in [3.8, 4) is 0 Å². The zero-order chi connectivity index (χ0) is 20.1. The highest BCUT2D eigenvalue weighted by Gasteiger charge is 2.19. The quantitative estimate of drug-likeness (QED) is 0.594. The maximum absolute atomic E-state index is 12.9. The van der Waals surface area contributed by atoms with Gasteiger partial charge < -0.3 is 9.64 Å². The topological polar surface area (TPSA) is 81.5 Å². The number of methoxy groups -OCH3 is 1. The molecule has 1 amide bonds. The molecule has 8 heteroatoms. The number of esters is 1. The summed E-state index contributed by atoms with van der Waals surface area (Å²) in [5.74, 6) is -0.860. The minimum atomic E-state index is -0.528. The number of aromatic nitrogens is 2. The monoisotopic (exact) mass is 399 g/mol. The van der Waals surface area contributed by atoms with E-state index < -0.39 is 5.97 Å². The number of fused-ring (bicyclic) bond motifs is 1. The number of benzene rings is 2. The Hall–Kier alpha value is -3.19. The van der Waals surface area contributed by atoms with Crippen LogP contribution in [0.1, 0.15) is 5.56 Å². The molecule has 3 aromatic rings. The lowest BCUT2D eigenvalue weighted by molar-refractivity contribution is -0.147. The van der Waals surface area contributed by atoms with Gasteiger partial charge in [0.05, 0.1) is 18.8 Å². The van der Waals surface area contributed by atoms with Gasteiger partial charge in [0.25, 0.3) is 0 Å². The summed E-state index contributed by atoms with van der Waals surface area (Å²) in [6, 6.07) is 13.9. The Balaban J connectivity index is 1.87. The molecule has 0 fully saturated rings. The van der Waals surface area contributed by atoms with E-state index in [0.29, 0.717) is 15.9 Å². The second-order valence-electron chi connectivity index (χ2n) is 6.14. The van der Waals surface area contributed by atoms with E-state index in [-0.39, 0.29) is 31.0 Å². The highest BCUT2D eigenvalue weighted by molar-refractivity contribution is 6.30. The number of para-hydroxylation sites is 1. The average Bonchev–Trinajstić information content (AvgIpc) is 2.71. The van der Waals surface area contributed by atoms with Crippen LogP contribution < -0.4 is 5.43 Å². The second-order valence-corrected chi connectivity index (χ2v) is 6.57. The summed E-state index contributed by atoms with van der Waals surface area (Å²) in [6.45, 7) is -0.106. The van der Waals surface area contributed by atoms with Crippen molar-refractivity contribution in [2.45, 2.75) is 13.1 Å². The van der Waals surface area contributed by atoms with Crippen LogP contribution in [-0.2, 0) is 27.4 Å². The van der Waals surface area contributed by atoms with Gasteiger partial charge in [0.2, 0.25) is 11.3 Å². The molecule has 7 nitrogen and oxygen atoms in total. The minimum Gasteiger partial charge on any atom is -0.468 e. The molecule has 0 saturated heterocycles. The molecule has 1 heterocycles. The van der Waals surface area contributed by atoms with Gasteiger partial charge in [0, 0.05) is 17.0 Å². The number of carbonyl (C=O) groups is 2. The van der Waals surface area contributed by atoms with Gasteiger partial charge in [-0.3, -0.25) is 19.1 Å². The normalized spacial score (nSPS) is 10.6. The highest BCUT2D eigenvalue weighted by atomic mass is 35.5. The minimum absolute atomic E-state index is 0.120. The molecular formula is C20H18ClN3O4. The van der Waals surface area contributed by atoms with Crippen LogP contribution in [-0.4, -0.2) is 40.2 Å². The Labute approximate surface area is 166 Å². The van der Waals surface area contributed by atoms with Gasteiger partial charge in [-0.05, 0) is 29.8 Å². The molecule has 0 unspecified atom stereocenters. The number of amides is 1. The highest BCUT2D eigenvalue weighted by Crippen LogP contribution is 2.13. The molecule has 0 N–H and O–H groups in total. The fraction of sp³-hybridized carbons (Fsp3) is 0.200. The fourth-order valence-electron chi connectivity index (χ4n) is 2.78. The number of nitrogens with zero attached hydrogens (tertiary/aromatic N) is 3. The number of carbonyl (C=O) groups excluding carboxylic acids is 2. The first-order chi connectivity index (χ1) is 13.5. The van der Waals surface area contributed by atoms with Gasteiger partial charge in [-0.25, -0.2) is 0 Å². The molecule has 144 valence electrons. The summed E-state index contributed by atoms with van der Waals surface area (Å²) >= 11 is 5.90. The second kappa shape index (κ2) is 8.67. The molecule has 3 rings (SSSR count). The standard InChI is InChI=1S/C20H18ClN3O4/c1-28-20(27)13-23(11-14-6-8-15(21)9-7-14)19(26)12-24-17-5-3-2-4-16(17)18(25)10-22-24/h2-10H,11-13H2,1H3. The van der Waals surface area contributed by atoms with Gasteiger partial charge >= 0.3 is 5.97 Å². The van der Waals surface area contributed by atoms with Crippen LogP contribution in [0.2, 0.25) is 5.02 Å². The molecule has 28 heavy (non-hydrogen) atoms. The van der Waals surface area contributed by atoms with Crippen LogP contribution in [0.4, 0.5) is 0 Å². The summed E-state index contributed by atoms with van der Waals surface area (Å²) in [7, 11) is 1.27. The van der Waals surface area contributed by atoms with Gasteiger partial charge in [-0.2, -0.15) is 5.10 Å². The molecule has 0 aliphatic rings. The Morgan fingerprint density at radius 2 is 1.86 bits per heavy atom. The molecule has 0 aliphatic heterocycles. The lowest BCUT2D eigenvalue weighted by atomic mass is 10.2. The first kappa shape index (κ1) is 19.6. The summed E-state index contributed by atoms with van der Waals surface area (Å²) in [6.07, 6.45) is 1.18. The van der Waals surface area contributed by atoms with Crippen molar-refractivity contribution in [2.24, 2.45) is 0 Å². The van der Waals surface area contributed by atoms with E-state index in [2.05, 4.69) is 5.10 Å². The van der Waals surface area contributed by atoms with Crippen molar-refractivity contribution in [3.05, 3.63) is 75.5 Å². The first-order valence-electron chi connectivity index (χ1n) is 8.52. The lowest BCUT2D eigenvalue weighted by Gasteiger charge is -2.22. The number of halogens is 1. The van der Waals surface area contributed by atoms with Gasteiger partial charge in [-0.1, -0.05) is 35.9 Å². The van der Waals surface area contributed by atoms with E-state index in [0.717, 1.165) is 5.56 Å². The molecule has 2 aromatic carbocycles. The van der Waals surface area contributed by atoms with Crippen LogP contribution in [0.3, 0.4) is 0 Å².